The van der Waals surface area contributed by atoms with Crippen LogP contribution in [-0.4, -0.2) is 49.9 Å². The van der Waals surface area contributed by atoms with Gasteiger partial charge in [-0.1, -0.05) is 34.1 Å². The van der Waals surface area contributed by atoms with Gasteiger partial charge < -0.3 is 15.0 Å². The Morgan fingerprint density at radius 3 is 2.17 bits per heavy atom. The van der Waals surface area contributed by atoms with Gasteiger partial charge in [-0.05, 0) is 89.2 Å². The Bertz CT molecular complexity index is 1460. The van der Waals surface area contributed by atoms with E-state index in [-0.39, 0.29) is 22.7 Å². The summed E-state index contributed by atoms with van der Waals surface area (Å²) in [5.41, 5.74) is -0.167. The standard InChI is InChI=1S/C30H35BrFN3O5S/c1-6-40-25-15-13-24(14-16-25)35(41(38,39)26-17-11-23(31)12-18-26)20-28(36)34(19-22-9-7-8-10-27(22)32)21(2)29(37)33-30(3,4)5/h7-18,21H,6,19-20H2,1-5H3,(H,33,37)/t21-/m0/s1. The molecule has 41 heavy (non-hydrogen) atoms. The van der Waals surface area contributed by atoms with Crippen LogP contribution in [0.3, 0.4) is 0 Å². The van der Waals surface area contributed by atoms with E-state index in [0.29, 0.717) is 16.8 Å². The van der Waals surface area contributed by atoms with Crippen LogP contribution in [0.5, 0.6) is 5.75 Å². The topological polar surface area (TPSA) is 96.0 Å². The number of nitrogens with one attached hydrogen (secondary N) is 1. The van der Waals surface area contributed by atoms with E-state index in [4.69, 9.17) is 4.74 Å². The normalized spacial score (nSPS) is 12.4. The molecule has 0 saturated carbocycles. The summed E-state index contributed by atoms with van der Waals surface area (Å²) in [7, 11) is -4.23. The quantitative estimate of drug-likeness (QED) is 0.296. The molecule has 0 heterocycles. The summed E-state index contributed by atoms with van der Waals surface area (Å²) in [6, 6.07) is 17.3. The van der Waals surface area contributed by atoms with Crippen LogP contribution in [0.15, 0.2) is 82.2 Å². The number of hydrogen-bond acceptors (Lipinski definition) is 5. The van der Waals surface area contributed by atoms with Gasteiger partial charge in [0.15, 0.2) is 0 Å². The molecule has 0 aliphatic heterocycles. The fourth-order valence-electron chi connectivity index (χ4n) is 4.00. The van der Waals surface area contributed by atoms with E-state index in [9.17, 15) is 22.4 Å². The molecule has 0 saturated heterocycles. The smallest absolute Gasteiger partial charge is 0.264 e. The van der Waals surface area contributed by atoms with Crippen LogP contribution >= 0.6 is 15.9 Å². The highest BCUT2D eigenvalue weighted by Gasteiger charge is 2.33. The lowest BCUT2D eigenvalue weighted by atomic mass is 10.1. The molecule has 11 heteroatoms. The van der Waals surface area contributed by atoms with Gasteiger partial charge in [-0.3, -0.25) is 13.9 Å². The molecule has 0 unspecified atom stereocenters. The molecule has 1 N–H and O–H groups in total. The van der Waals surface area contributed by atoms with Gasteiger partial charge in [0.25, 0.3) is 10.0 Å². The first kappa shape index (κ1) is 32.1. The number of ether oxygens (including phenoxy) is 1. The van der Waals surface area contributed by atoms with Gasteiger partial charge in [0.05, 0.1) is 17.2 Å². The molecule has 0 bridgehead atoms. The van der Waals surface area contributed by atoms with Crippen molar-refractivity contribution in [1.82, 2.24) is 10.2 Å². The fourth-order valence-corrected chi connectivity index (χ4v) is 5.68. The van der Waals surface area contributed by atoms with E-state index >= 15 is 0 Å². The van der Waals surface area contributed by atoms with E-state index in [1.165, 1.54) is 42.2 Å². The van der Waals surface area contributed by atoms with Crippen molar-refractivity contribution in [3.63, 3.8) is 0 Å². The van der Waals surface area contributed by atoms with Gasteiger partial charge in [-0.25, -0.2) is 12.8 Å². The molecule has 0 fully saturated rings. The average molecular weight is 649 g/mol. The Hall–Kier alpha value is -3.44. The third-order valence-electron chi connectivity index (χ3n) is 6.08. The number of halogens is 2. The minimum absolute atomic E-state index is 0.0263. The van der Waals surface area contributed by atoms with Gasteiger partial charge in [-0.15, -0.1) is 0 Å². The van der Waals surface area contributed by atoms with Gasteiger partial charge in [0.1, 0.15) is 24.2 Å². The molecule has 0 aromatic heterocycles. The summed E-state index contributed by atoms with van der Waals surface area (Å²) in [6.45, 7) is 8.34. The molecule has 0 aliphatic rings. The van der Waals surface area contributed by atoms with E-state index in [0.717, 1.165) is 4.31 Å². The Morgan fingerprint density at radius 2 is 1.61 bits per heavy atom. The molecule has 0 aliphatic carbocycles. The summed E-state index contributed by atoms with van der Waals surface area (Å²) < 4.78 is 49.6. The molecule has 3 rings (SSSR count). The third-order valence-corrected chi connectivity index (χ3v) is 8.40. The lowest BCUT2D eigenvalue weighted by Crippen LogP contribution is -2.54. The number of sulfonamides is 1. The Labute approximate surface area is 249 Å². The van der Waals surface area contributed by atoms with Crippen LogP contribution in [-0.2, 0) is 26.2 Å². The lowest BCUT2D eigenvalue weighted by molar-refractivity contribution is -0.140. The molecule has 0 spiro atoms. The highest BCUT2D eigenvalue weighted by molar-refractivity contribution is 9.10. The average Bonchev–Trinajstić information content (AvgIpc) is 2.90. The molecule has 3 aromatic rings. The monoisotopic (exact) mass is 647 g/mol. The summed E-state index contributed by atoms with van der Waals surface area (Å²) in [5, 5.41) is 2.84. The molecule has 2 amide bonds. The second-order valence-corrected chi connectivity index (χ2v) is 13.2. The summed E-state index contributed by atoms with van der Waals surface area (Å²) in [6.07, 6.45) is 0. The number of amides is 2. The molecular weight excluding hydrogens is 613 g/mol. The fraction of sp³-hybridized carbons (Fsp3) is 0.333. The number of carbonyl (C=O) groups excluding carboxylic acids is 2. The molecular formula is C30H35BrFN3O5S. The number of carbonyl (C=O) groups is 2. The van der Waals surface area contributed by atoms with Crippen molar-refractivity contribution in [3.8, 4) is 5.75 Å². The molecule has 3 aromatic carbocycles. The van der Waals surface area contributed by atoms with Crippen molar-refractivity contribution in [1.29, 1.82) is 0 Å². The van der Waals surface area contributed by atoms with Crippen LogP contribution in [0.2, 0.25) is 0 Å². The maximum atomic E-state index is 14.7. The highest BCUT2D eigenvalue weighted by atomic mass is 79.9. The van der Waals surface area contributed by atoms with Crippen molar-refractivity contribution in [2.45, 2.75) is 57.6 Å². The summed E-state index contributed by atoms with van der Waals surface area (Å²) in [5.74, 6) is -1.14. The maximum absolute atomic E-state index is 14.7. The summed E-state index contributed by atoms with van der Waals surface area (Å²) in [4.78, 5) is 28.2. The van der Waals surface area contributed by atoms with Crippen molar-refractivity contribution in [2.75, 3.05) is 17.5 Å². The first-order valence-electron chi connectivity index (χ1n) is 13.1. The van der Waals surface area contributed by atoms with Crippen LogP contribution in [0.25, 0.3) is 0 Å². The zero-order chi connectivity index (χ0) is 30.4. The zero-order valence-electron chi connectivity index (χ0n) is 23.7. The number of benzene rings is 3. The predicted molar refractivity (Wildman–Crippen MR) is 161 cm³/mol. The summed E-state index contributed by atoms with van der Waals surface area (Å²) >= 11 is 3.31. The van der Waals surface area contributed by atoms with E-state index in [2.05, 4.69) is 21.2 Å². The van der Waals surface area contributed by atoms with E-state index in [1.54, 1.807) is 63.2 Å². The molecule has 220 valence electrons. The first-order valence-corrected chi connectivity index (χ1v) is 15.3. The minimum atomic E-state index is -4.23. The predicted octanol–water partition coefficient (Wildman–Crippen LogP) is 5.51. The highest BCUT2D eigenvalue weighted by Crippen LogP contribution is 2.27. The first-order chi connectivity index (χ1) is 19.2. The van der Waals surface area contributed by atoms with Crippen LogP contribution in [0.1, 0.15) is 40.2 Å². The van der Waals surface area contributed by atoms with Crippen molar-refractivity contribution in [2.24, 2.45) is 0 Å². The number of anilines is 1. The maximum Gasteiger partial charge on any atom is 0.264 e. The van der Waals surface area contributed by atoms with Gasteiger partial charge in [-0.2, -0.15) is 0 Å². The van der Waals surface area contributed by atoms with Crippen molar-refractivity contribution < 1.29 is 27.1 Å². The van der Waals surface area contributed by atoms with Crippen molar-refractivity contribution in [3.05, 3.63) is 88.6 Å². The minimum Gasteiger partial charge on any atom is -0.494 e. The van der Waals surface area contributed by atoms with Gasteiger partial charge in [0, 0.05) is 22.1 Å². The Kier molecular flexibility index (Phi) is 10.5. The molecule has 0 radical (unpaired) electrons. The molecule has 1 atom stereocenters. The Balaban J connectivity index is 2.05. The third kappa shape index (κ3) is 8.53. The van der Waals surface area contributed by atoms with E-state index in [1.807, 2.05) is 6.92 Å². The van der Waals surface area contributed by atoms with Crippen LogP contribution in [0, 0.1) is 5.82 Å². The van der Waals surface area contributed by atoms with Crippen molar-refractivity contribution >= 4 is 43.5 Å². The second kappa shape index (κ2) is 13.5. The van der Waals surface area contributed by atoms with E-state index < -0.39 is 45.8 Å². The lowest BCUT2D eigenvalue weighted by Gasteiger charge is -2.33. The van der Waals surface area contributed by atoms with Gasteiger partial charge in [0.2, 0.25) is 11.8 Å². The second-order valence-electron chi connectivity index (χ2n) is 10.4. The largest absolute Gasteiger partial charge is 0.494 e. The van der Waals surface area contributed by atoms with Crippen LogP contribution < -0.4 is 14.4 Å². The number of rotatable bonds is 11. The zero-order valence-corrected chi connectivity index (χ0v) is 26.1. The Morgan fingerprint density at radius 1 is 1.00 bits per heavy atom. The molecule has 8 nitrogen and oxygen atoms in total. The number of hydrogen-bond donors (Lipinski definition) is 1. The SMILES string of the molecule is CCOc1ccc(N(CC(=O)N(Cc2ccccc2F)[C@@H](C)C(=O)NC(C)(C)C)S(=O)(=O)c2ccc(Br)cc2)cc1. The van der Waals surface area contributed by atoms with Crippen LogP contribution in [0.4, 0.5) is 10.1 Å². The van der Waals surface area contributed by atoms with Gasteiger partial charge >= 0.3 is 0 Å². The number of nitrogens with zero attached hydrogens (tertiary/aromatic N) is 2.